The lowest BCUT2D eigenvalue weighted by Gasteiger charge is -2.32. The second-order valence-corrected chi connectivity index (χ2v) is 10.5. The molecule has 0 saturated carbocycles. The maximum Gasteiger partial charge on any atom is 0.497 e. The Morgan fingerprint density at radius 1 is 0.969 bits per heavy atom. The summed E-state index contributed by atoms with van der Waals surface area (Å²) in [4.78, 5) is 0.0461. The largest absolute Gasteiger partial charge is 0.497 e. The minimum atomic E-state index is -4.40. The van der Waals surface area contributed by atoms with Crippen LogP contribution >= 0.6 is 0 Å². The molecule has 1 aliphatic heterocycles. The normalized spacial score (nSPS) is 18.1. The third-order valence-corrected chi connectivity index (χ3v) is 7.29. The third kappa shape index (κ3) is 4.95. The van der Waals surface area contributed by atoms with Crippen molar-refractivity contribution in [3.8, 4) is 0 Å². The van der Waals surface area contributed by atoms with Crippen LogP contribution in [-0.2, 0) is 32.1 Å². The lowest BCUT2D eigenvalue weighted by atomic mass is 9.77. The molecule has 0 bridgehead atoms. The SMILES string of the molecule is CNS(=O)(=O)c1ccc(NCc2ccc(C(F)(F)F)cc2)c(B2OC(C)(C)C(C)(C)O2)c1. The quantitative estimate of drug-likeness (QED) is 0.632. The minimum absolute atomic E-state index is 0.0461. The van der Waals surface area contributed by atoms with Crippen LogP contribution in [0, 0.1) is 0 Å². The average Bonchev–Trinajstić information content (AvgIpc) is 2.93. The van der Waals surface area contributed by atoms with E-state index >= 15 is 0 Å². The van der Waals surface area contributed by atoms with Gasteiger partial charge in [0, 0.05) is 17.7 Å². The molecular weight excluding hydrogens is 444 g/mol. The number of benzene rings is 2. The smallest absolute Gasteiger partial charge is 0.399 e. The van der Waals surface area contributed by atoms with Crippen molar-refractivity contribution in [3.63, 3.8) is 0 Å². The molecule has 0 spiro atoms. The van der Waals surface area contributed by atoms with E-state index in [1.54, 1.807) is 6.07 Å². The molecule has 6 nitrogen and oxygen atoms in total. The van der Waals surface area contributed by atoms with Gasteiger partial charge in [0.15, 0.2) is 0 Å². The molecule has 32 heavy (non-hydrogen) atoms. The van der Waals surface area contributed by atoms with Crippen molar-refractivity contribution in [1.29, 1.82) is 0 Å². The zero-order valence-corrected chi connectivity index (χ0v) is 19.3. The number of alkyl halides is 3. The summed E-state index contributed by atoms with van der Waals surface area (Å²) in [5.41, 5.74) is -0.337. The van der Waals surface area contributed by atoms with Crippen molar-refractivity contribution in [3.05, 3.63) is 53.6 Å². The molecule has 1 saturated heterocycles. The van der Waals surface area contributed by atoms with Crippen LogP contribution in [0.1, 0.15) is 38.8 Å². The monoisotopic (exact) mass is 470 g/mol. The minimum Gasteiger partial charge on any atom is -0.399 e. The fourth-order valence-electron chi connectivity index (χ4n) is 3.16. The Bertz CT molecular complexity index is 1070. The molecule has 0 amide bonds. The Morgan fingerprint density at radius 2 is 1.53 bits per heavy atom. The van der Waals surface area contributed by atoms with Gasteiger partial charge in [0.2, 0.25) is 10.0 Å². The molecule has 0 aliphatic carbocycles. The zero-order valence-electron chi connectivity index (χ0n) is 18.5. The fraction of sp³-hybridized carbons (Fsp3) is 0.429. The summed E-state index contributed by atoms with van der Waals surface area (Å²) >= 11 is 0. The molecule has 1 heterocycles. The highest BCUT2D eigenvalue weighted by Gasteiger charge is 2.52. The molecule has 1 aliphatic rings. The van der Waals surface area contributed by atoms with Crippen molar-refractivity contribution in [2.75, 3.05) is 12.4 Å². The second-order valence-electron chi connectivity index (χ2n) is 8.59. The molecule has 0 atom stereocenters. The number of sulfonamides is 1. The molecule has 174 valence electrons. The molecule has 1 fully saturated rings. The predicted octanol–water partition coefficient (Wildman–Crippen LogP) is 3.52. The van der Waals surface area contributed by atoms with Gasteiger partial charge in [0.1, 0.15) is 0 Å². The Labute approximate surface area is 186 Å². The first kappa shape index (κ1) is 24.6. The summed E-state index contributed by atoms with van der Waals surface area (Å²) in [5, 5.41) is 3.16. The van der Waals surface area contributed by atoms with E-state index in [2.05, 4.69) is 10.0 Å². The van der Waals surface area contributed by atoms with Crippen LogP contribution in [-0.4, -0.2) is 33.8 Å². The van der Waals surface area contributed by atoms with Crippen molar-refractivity contribution >= 4 is 28.3 Å². The number of halogens is 3. The highest BCUT2D eigenvalue weighted by atomic mass is 32.2. The highest BCUT2D eigenvalue weighted by molar-refractivity contribution is 7.89. The molecular formula is C21H26BF3N2O4S. The maximum absolute atomic E-state index is 12.8. The summed E-state index contributed by atoms with van der Waals surface area (Å²) in [5.74, 6) is 0. The van der Waals surface area contributed by atoms with Crippen LogP contribution < -0.4 is 15.5 Å². The average molecular weight is 470 g/mol. The third-order valence-electron chi connectivity index (χ3n) is 5.87. The van der Waals surface area contributed by atoms with Crippen molar-refractivity contribution in [1.82, 2.24) is 4.72 Å². The first-order valence-corrected chi connectivity index (χ1v) is 11.5. The Hall–Kier alpha value is -2.08. The van der Waals surface area contributed by atoms with Gasteiger partial charge in [-0.15, -0.1) is 0 Å². The summed E-state index contributed by atoms with van der Waals surface area (Å²) in [7, 11) is -3.22. The maximum atomic E-state index is 12.8. The molecule has 2 aromatic carbocycles. The van der Waals surface area contributed by atoms with Crippen LogP contribution in [0.2, 0.25) is 0 Å². The summed E-state index contributed by atoms with van der Waals surface area (Å²) in [6.07, 6.45) is -4.40. The lowest BCUT2D eigenvalue weighted by Crippen LogP contribution is -2.41. The highest BCUT2D eigenvalue weighted by Crippen LogP contribution is 2.37. The Kier molecular flexibility index (Phi) is 6.42. The van der Waals surface area contributed by atoms with E-state index in [1.807, 2.05) is 27.7 Å². The first-order valence-electron chi connectivity index (χ1n) is 9.99. The van der Waals surface area contributed by atoms with Crippen molar-refractivity contribution < 1.29 is 30.9 Å². The van der Waals surface area contributed by atoms with Gasteiger partial charge in [0.05, 0.1) is 21.7 Å². The fourth-order valence-corrected chi connectivity index (χ4v) is 3.93. The van der Waals surface area contributed by atoms with Gasteiger partial charge < -0.3 is 14.6 Å². The van der Waals surface area contributed by atoms with E-state index in [1.165, 1.54) is 31.3 Å². The molecule has 0 unspecified atom stereocenters. The topological polar surface area (TPSA) is 76.7 Å². The first-order chi connectivity index (χ1) is 14.7. The number of rotatable bonds is 6. The van der Waals surface area contributed by atoms with E-state index < -0.39 is 40.1 Å². The van der Waals surface area contributed by atoms with Crippen LogP contribution in [0.3, 0.4) is 0 Å². The molecule has 0 radical (unpaired) electrons. The van der Waals surface area contributed by atoms with Crippen LogP contribution in [0.15, 0.2) is 47.4 Å². The van der Waals surface area contributed by atoms with Gasteiger partial charge in [-0.25, -0.2) is 13.1 Å². The van der Waals surface area contributed by atoms with Gasteiger partial charge in [-0.2, -0.15) is 13.2 Å². The van der Waals surface area contributed by atoms with E-state index in [0.29, 0.717) is 16.7 Å². The van der Waals surface area contributed by atoms with Crippen molar-refractivity contribution in [2.45, 2.75) is 56.5 Å². The Balaban J connectivity index is 1.92. The summed E-state index contributed by atoms with van der Waals surface area (Å²) < 4.78 is 77.5. The van der Waals surface area contributed by atoms with E-state index in [-0.39, 0.29) is 11.4 Å². The van der Waals surface area contributed by atoms with E-state index in [9.17, 15) is 21.6 Å². The molecule has 0 aromatic heterocycles. The summed E-state index contributed by atoms with van der Waals surface area (Å²) in [6, 6.07) is 9.34. The number of anilines is 1. The number of hydrogen-bond acceptors (Lipinski definition) is 5. The van der Waals surface area contributed by atoms with Crippen LogP contribution in [0.25, 0.3) is 0 Å². The van der Waals surface area contributed by atoms with Crippen LogP contribution in [0.5, 0.6) is 0 Å². The summed E-state index contributed by atoms with van der Waals surface area (Å²) in [6.45, 7) is 7.77. The predicted molar refractivity (Wildman–Crippen MR) is 117 cm³/mol. The number of hydrogen-bond donors (Lipinski definition) is 2. The molecule has 11 heteroatoms. The standard InChI is InChI=1S/C21H26BF3N2O4S/c1-19(2)20(3,4)31-22(30-19)17-12-16(32(28,29)26-5)10-11-18(17)27-13-14-6-8-15(9-7-14)21(23,24)25/h6-12,26-27H,13H2,1-5H3. The van der Waals surface area contributed by atoms with E-state index in [0.717, 1.165) is 12.1 Å². The van der Waals surface area contributed by atoms with Crippen LogP contribution in [0.4, 0.5) is 18.9 Å². The van der Waals surface area contributed by atoms with Gasteiger partial charge in [-0.1, -0.05) is 12.1 Å². The zero-order chi connectivity index (χ0) is 23.9. The van der Waals surface area contributed by atoms with Gasteiger partial charge in [-0.3, -0.25) is 0 Å². The van der Waals surface area contributed by atoms with Gasteiger partial charge in [-0.05, 0) is 70.6 Å². The van der Waals surface area contributed by atoms with Gasteiger partial charge >= 0.3 is 13.3 Å². The molecule has 2 aromatic rings. The number of nitrogens with one attached hydrogen (secondary N) is 2. The van der Waals surface area contributed by atoms with Gasteiger partial charge in [0.25, 0.3) is 0 Å². The second kappa shape index (κ2) is 8.37. The Morgan fingerprint density at radius 3 is 2.03 bits per heavy atom. The molecule has 3 rings (SSSR count). The molecule has 2 N–H and O–H groups in total. The lowest BCUT2D eigenvalue weighted by molar-refractivity contribution is -0.137. The van der Waals surface area contributed by atoms with E-state index in [4.69, 9.17) is 9.31 Å². The van der Waals surface area contributed by atoms with Crippen molar-refractivity contribution in [2.24, 2.45) is 0 Å².